The topological polar surface area (TPSA) is 61.9 Å². The molecular weight excluding hydrogens is 474 g/mol. The number of amides is 2. The van der Waals surface area contributed by atoms with E-state index < -0.39 is 0 Å². The fourth-order valence-corrected chi connectivity index (χ4v) is 4.22. The van der Waals surface area contributed by atoms with Crippen molar-refractivity contribution in [2.75, 3.05) is 43.0 Å². The number of ether oxygens (including phenoxy) is 1. The zero-order valence-corrected chi connectivity index (χ0v) is 21.3. The molecule has 186 valence electrons. The van der Waals surface area contributed by atoms with E-state index in [-0.39, 0.29) is 18.4 Å². The fourth-order valence-electron chi connectivity index (χ4n) is 4.11. The minimum absolute atomic E-state index is 0.0303. The lowest BCUT2D eigenvalue weighted by atomic mass is 10.1. The quantitative estimate of drug-likeness (QED) is 0.442. The molecule has 3 aromatic rings. The van der Waals surface area contributed by atoms with Crippen LogP contribution >= 0.6 is 11.6 Å². The third kappa shape index (κ3) is 6.67. The van der Waals surface area contributed by atoms with E-state index in [1.807, 2.05) is 91.6 Å². The van der Waals surface area contributed by atoms with Crippen molar-refractivity contribution in [1.82, 2.24) is 4.90 Å². The Morgan fingerprint density at radius 2 is 1.58 bits per heavy atom. The first-order valence-corrected chi connectivity index (χ1v) is 12.3. The van der Waals surface area contributed by atoms with Gasteiger partial charge in [-0.2, -0.15) is 0 Å². The van der Waals surface area contributed by atoms with Crippen LogP contribution in [0.15, 0.2) is 72.8 Å². The molecule has 1 heterocycles. The Balaban J connectivity index is 1.24. The highest BCUT2D eigenvalue weighted by atomic mass is 35.5. The number of aryl methyl sites for hydroxylation is 2. The Morgan fingerprint density at radius 1 is 0.944 bits per heavy atom. The second-order valence-corrected chi connectivity index (χ2v) is 9.19. The van der Waals surface area contributed by atoms with E-state index in [1.165, 1.54) is 0 Å². The van der Waals surface area contributed by atoms with Crippen LogP contribution in [0.5, 0.6) is 5.75 Å². The molecule has 7 heteroatoms. The molecule has 0 saturated carbocycles. The molecule has 1 aliphatic heterocycles. The van der Waals surface area contributed by atoms with Crippen molar-refractivity contribution in [1.29, 1.82) is 0 Å². The van der Waals surface area contributed by atoms with E-state index in [1.54, 1.807) is 6.08 Å². The number of hydrogen-bond acceptors (Lipinski definition) is 4. The van der Waals surface area contributed by atoms with Gasteiger partial charge in [-0.25, -0.2) is 0 Å². The lowest BCUT2D eigenvalue weighted by molar-refractivity contribution is -0.126. The molecule has 6 nitrogen and oxygen atoms in total. The van der Waals surface area contributed by atoms with Gasteiger partial charge in [-0.15, -0.1) is 0 Å². The summed E-state index contributed by atoms with van der Waals surface area (Å²) >= 11 is 6.19. The molecule has 3 aromatic carbocycles. The zero-order valence-electron chi connectivity index (χ0n) is 20.5. The molecule has 0 unspecified atom stereocenters. The van der Waals surface area contributed by atoms with E-state index in [0.717, 1.165) is 35.5 Å². The summed E-state index contributed by atoms with van der Waals surface area (Å²) < 4.78 is 5.63. The van der Waals surface area contributed by atoms with Crippen molar-refractivity contribution < 1.29 is 14.3 Å². The molecule has 0 spiro atoms. The molecule has 36 heavy (non-hydrogen) atoms. The van der Waals surface area contributed by atoms with Crippen LogP contribution in [0.3, 0.4) is 0 Å². The minimum Gasteiger partial charge on any atom is -0.484 e. The molecule has 1 saturated heterocycles. The molecule has 0 aromatic heterocycles. The van der Waals surface area contributed by atoms with Crippen LogP contribution in [0, 0.1) is 13.8 Å². The second-order valence-electron chi connectivity index (χ2n) is 8.81. The summed E-state index contributed by atoms with van der Waals surface area (Å²) in [4.78, 5) is 29.0. The third-order valence-electron chi connectivity index (χ3n) is 6.11. The molecule has 2 amide bonds. The highest BCUT2D eigenvalue weighted by Crippen LogP contribution is 2.26. The number of nitrogens with zero attached hydrogens (tertiary/aromatic N) is 2. The van der Waals surface area contributed by atoms with Crippen molar-refractivity contribution in [3.05, 3.63) is 94.5 Å². The molecule has 1 N–H and O–H groups in total. The highest BCUT2D eigenvalue weighted by molar-refractivity contribution is 6.32. The van der Waals surface area contributed by atoms with Gasteiger partial charge in [-0.1, -0.05) is 41.9 Å². The maximum atomic E-state index is 12.5. The molecule has 1 fully saturated rings. The van der Waals surface area contributed by atoms with Gasteiger partial charge in [0.05, 0.1) is 0 Å². The largest absolute Gasteiger partial charge is 0.484 e. The van der Waals surface area contributed by atoms with Crippen LogP contribution in [0.2, 0.25) is 5.02 Å². The van der Waals surface area contributed by atoms with E-state index in [4.69, 9.17) is 16.3 Å². The first-order valence-electron chi connectivity index (χ1n) is 12.0. The monoisotopic (exact) mass is 503 g/mol. The van der Waals surface area contributed by atoms with Crippen molar-refractivity contribution in [3.63, 3.8) is 0 Å². The van der Waals surface area contributed by atoms with E-state index >= 15 is 0 Å². The smallest absolute Gasteiger partial charge is 0.262 e. The molecule has 0 aliphatic carbocycles. The van der Waals surface area contributed by atoms with Gasteiger partial charge in [-0.05, 0) is 73.0 Å². The van der Waals surface area contributed by atoms with E-state index in [9.17, 15) is 9.59 Å². The van der Waals surface area contributed by atoms with Gasteiger partial charge >= 0.3 is 0 Å². The van der Waals surface area contributed by atoms with Gasteiger partial charge in [0.15, 0.2) is 6.61 Å². The Morgan fingerprint density at radius 3 is 2.22 bits per heavy atom. The highest BCUT2D eigenvalue weighted by Gasteiger charge is 2.20. The molecule has 4 rings (SSSR count). The van der Waals surface area contributed by atoms with Crippen LogP contribution < -0.4 is 15.0 Å². The lowest BCUT2D eigenvalue weighted by Gasteiger charge is -2.35. The number of nitrogens with one attached hydrogen (secondary N) is 1. The molecule has 0 atom stereocenters. The predicted octanol–water partition coefficient (Wildman–Crippen LogP) is 5.34. The van der Waals surface area contributed by atoms with Crippen molar-refractivity contribution >= 4 is 40.9 Å². The van der Waals surface area contributed by atoms with Crippen LogP contribution in [-0.2, 0) is 9.59 Å². The van der Waals surface area contributed by atoms with Gasteiger partial charge in [0.25, 0.3) is 5.91 Å². The number of anilines is 2. The van der Waals surface area contributed by atoms with E-state index in [0.29, 0.717) is 29.5 Å². The number of carbonyl (C=O) groups excluding carboxylic acids is 2. The first kappa shape index (κ1) is 25.3. The number of piperazine rings is 1. The van der Waals surface area contributed by atoms with Crippen LogP contribution in [0.4, 0.5) is 11.4 Å². The summed E-state index contributed by atoms with van der Waals surface area (Å²) in [5.74, 6) is 0.416. The van der Waals surface area contributed by atoms with Crippen molar-refractivity contribution in [2.24, 2.45) is 0 Å². The Kier molecular flexibility index (Phi) is 8.28. The second kappa shape index (κ2) is 11.8. The standard InChI is InChI=1S/C29H30ClN3O3/c1-21-18-26(19-22(2)29(21)30)36-20-27(34)31-24-9-11-25(12-10-24)32-14-16-33(17-15-32)28(35)13-8-23-6-4-3-5-7-23/h3-13,18-19H,14-17,20H2,1-2H3,(H,31,34)/b13-8+. The number of carbonyl (C=O) groups is 2. The third-order valence-corrected chi connectivity index (χ3v) is 6.70. The Labute approximate surface area is 217 Å². The summed E-state index contributed by atoms with van der Waals surface area (Å²) in [6.45, 7) is 6.57. The first-order chi connectivity index (χ1) is 17.4. The van der Waals surface area contributed by atoms with Gasteiger partial charge in [-0.3, -0.25) is 9.59 Å². The lowest BCUT2D eigenvalue weighted by Crippen LogP contribution is -2.48. The molecule has 0 bridgehead atoms. The summed E-state index contributed by atoms with van der Waals surface area (Å²) in [6.07, 6.45) is 3.49. The number of rotatable bonds is 7. The Hall–Kier alpha value is -3.77. The maximum absolute atomic E-state index is 12.5. The average molecular weight is 504 g/mol. The number of hydrogen-bond donors (Lipinski definition) is 1. The van der Waals surface area contributed by atoms with Crippen LogP contribution in [0.1, 0.15) is 16.7 Å². The van der Waals surface area contributed by atoms with Crippen molar-refractivity contribution in [2.45, 2.75) is 13.8 Å². The van der Waals surface area contributed by atoms with Crippen LogP contribution in [-0.4, -0.2) is 49.5 Å². The summed E-state index contributed by atoms with van der Waals surface area (Å²) in [6, 6.07) is 21.2. The molecule has 0 radical (unpaired) electrons. The van der Waals surface area contributed by atoms with Crippen LogP contribution in [0.25, 0.3) is 6.08 Å². The van der Waals surface area contributed by atoms with Gasteiger partial charge in [0.1, 0.15) is 5.75 Å². The Bertz CT molecular complexity index is 1210. The van der Waals surface area contributed by atoms with Gasteiger partial charge in [0, 0.05) is 48.7 Å². The van der Waals surface area contributed by atoms with Gasteiger partial charge in [0.2, 0.25) is 5.91 Å². The SMILES string of the molecule is Cc1cc(OCC(=O)Nc2ccc(N3CCN(C(=O)/C=C/c4ccccc4)CC3)cc2)cc(C)c1Cl. The van der Waals surface area contributed by atoms with Gasteiger partial charge < -0.3 is 19.9 Å². The number of halogens is 1. The molecular formula is C29H30ClN3O3. The summed E-state index contributed by atoms with van der Waals surface area (Å²) in [7, 11) is 0. The predicted molar refractivity (Wildman–Crippen MR) is 146 cm³/mol. The summed E-state index contributed by atoms with van der Waals surface area (Å²) in [5, 5.41) is 3.57. The minimum atomic E-state index is -0.233. The number of benzene rings is 3. The summed E-state index contributed by atoms with van der Waals surface area (Å²) in [5.41, 5.74) is 4.60. The maximum Gasteiger partial charge on any atom is 0.262 e. The zero-order chi connectivity index (χ0) is 25.5. The fraction of sp³-hybridized carbons (Fsp3) is 0.241. The average Bonchev–Trinajstić information content (AvgIpc) is 2.90. The van der Waals surface area contributed by atoms with E-state index in [2.05, 4.69) is 10.2 Å². The van der Waals surface area contributed by atoms with Crippen molar-refractivity contribution in [3.8, 4) is 5.75 Å². The normalized spacial score (nSPS) is 13.6. The molecule has 1 aliphatic rings.